The second-order valence-electron chi connectivity index (χ2n) is 7.11. The highest BCUT2D eigenvalue weighted by Crippen LogP contribution is 2.21. The first-order chi connectivity index (χ1) is 13.3. The molecule has 0 aliphatic heterocycles. The fourth-order valence-electron chi connectivity index (χ4n) is 3.54. The Morgan fingerprint density at radius 2 is 1.85 bits per heavy atom. The first-order valence-electron chi connectivity index (χ1n) is 9.63. The summed E-state index contributed by atoms with van der Waals surface area (Å²) in [6.07, 6.45) is 8.00. The molecule has 0 radical (unpaired) electrons. The SMILES string of the molecule is O=C(NCc1ccccc1)c1ccc2cnc(NC3CCCCC3)nc2c1. The monoisotopic (exact) mass is 360 g/mol. The summed E-state index contributed by atoms with van der Waals surface area (Å²) in [6.45, 7) is 0.510. The number of hydrogen-bond acceptors (Lipinski definition) is 4. The molecule has 0 bridgehead atoms. The largest absolute Gasteiger partial charge is 0.351 e. The molecule has 1 saturated carbocycles. The number of benzene rings is 2. The lowest BCUT2D eigenvalue weighted by atomic mass is 9.96. The minimum atomic E-state index is -0.0962. The fraction of sp³-hybridized carbons (Fsp3) is 0.318. The zero-order valence-electron chi connectivity index (χ0n) is 15.3. The number of hydrogen-bond donors (Lipinski definition) is 2. The van der Waals surface area contributed by atoms with Crippen molar-refractivity contribution < 1.29 is 4.79 Å². The highest BCUT2D eigenvalue weighted by Gasteiger charge is 2.14. The molecule has 1 aliphatic carbocycles. The maximum absolute atomic E-state index is 12.5. The van der Waals surface area contributed by atoms with Gasteiger partial charge in [0.2, 0.25) is 5.95 Å². The minimum Gasteiger partial charge on any atom is -0.351 e. The Hall–Kier alpha value is -2.95. The van der Waals surface area contributed by atoms with Crippen LogP contribution in [-0.2, 0) is 6.54 Å². The molecule has 4 rings (SSSR count). The van der Waals surface area contributed by atoms with Crippen molar-refractivity contribution in [1.82, 2.24) is 15.3 Å². The van der Waals surface area contributed by atoms with Crippen molar-refractivity contribution in [3.63, 3.8) is 0 Å². The maximum Gasteiger partial charge on any atom is 0.251 e. The highest BCUT2D eigenvalue weighted by atomic mass is 16.1. The standard InChI is InChI=1S/C22H24N4O/c27-21(23-14-16-7-3-1-4-8-16)17-11-12-18-15-24-22(26-20(18)13-17)25-19-9-5-2-6-10-19/h1,3-4,7-8,11-13,15,19H,2,5-6,9-10,14H2,(H,23,27)(H,24,25,26). The summed E-state index contributed by atoms with van der Waals surface area (Å²) in [4.78, 5) is 21.6. The number of nitrogens with one attached hydrogen (secondary N) is 2. The van der Waals surface area contributed by atoms with E-state index in [0.717, 1.165) is 16.5 Å². The van der Waals surface area contributed by atoms with E-state index in [2.05, 4.69) is 20.6 Å². The number of carbonyl (C=O) groups excluding carboxylic acids is 1. The van der Waals surface area contributed by atoms with E-state index < -0.39 is 0 Å². The number of nitrogens with zero attached hydrogens (tertiary/aromatic N) is 2. The summed E-state index contributed by atoms with van der Waals surface area (Å²) < 4.78 is 0. The second kappa shape index (κ2) is 8.16. The molecule has 0 saturated heterocycles. The first-order valence-corrected chi connectivity index (χ1v) is 9.63. The normalized spacial score (nSPS) is 14.8. The van der Waals surface area contributed by atoms with E-state index in [1.54, 1.807) is 0 Å². The molecule has 27 heavy (non-hydrogen) atoms. The number of fused-ring (bicyclic) bond motifs is 1. The summed E-state index contributed by atoms with van der Waals surface area (Å²) in [7, 11) is 0. The van der Waals surface area contributed by atoms with Crippen LogP contribution in [-0.4, -0.2) is 21.9 Å². The van der Waals surface area contributed by atoms with Crippen LogP contribution < -0.4 is 10.6 Å². The van der Waals surface area contributed by atoms with E-state index in [4.69, 9.17) is 0 Å². The zero-order valence-corrected chi connectivity index (χ0v) is 15.3. The summed E-state index contributed by atoms with van der Waals surface area (Å²) in [5, 5.41) is 7.34. The van der Waals surface area contributed by atoms with Gasteiger partial charge >= 0.3 is 0 Å². The quantitative estimate of drug-likeness (QED) is 0.712. The van der Waals surface area contributed by atoms with Crippen LogP contribution >= 0.6 is 0 Å². The van der Waals surface area contributed by atoms with Crippen LogP contribution in [0.5, 0.6) is 0 Å². The van der Waals surface area contributed by atoms with Gasteiger partial charge in [0, 0.05) is 29.7 Å². The van der Waals surface area contributed by atoms with Gasteiger partial charge in [-0.2, -0.15) is 0 Å². The van der Waals surface area contributed by atoms with Gasteiger partial charge < -0.3 is 10.6 Å². The number of amides is 1. The first kappa shape index (κ1) is 17.5. The Bertz CT molecular complexity index is 920. The zero-order chi connectivity index (χ0) is 18.5. The van der Waals surface area contributed by atoms with Gasteiger partial charge in [-0.15, -0.1) is 0 Å². The second-order valence-corrected chi connectivity index (χ2v) is 7.11. The molecule has 5 nitrogen and oxygen atoms in total. The molecule has 1 aromatic heterocycles. The Morgan fingerprint density at radius 1 is 1.04 bits per heavy atom. The number of rotatable bonds is 5. The number of anilines is 1. The minimum absolute atomic E-state index is 0.0962. The Kier molecular flexibility index (Phi) is 5.28. The van der Waals surface area contributed by atoms with E-state index in [1.807, 2.05) is 54.7 Å². The van der Waals surface area contributed by atoms with Crippen molar-refractivity contribution in [2.45, 2.75) is 44.7 Å². The van der Waals surface area contributed by atoms with Gasteiger partial charge in [0.1, 0.15) is 0 Å². The lowest BCUT2D eigenvalue weighted by Gasteiger charge is -2.22. The van der Waals surface area contributed by atoms with Crippen LogP contribution in [0.2, 0.25) is 0 Å². The van der Waals surface area contributed by atoms with Gasteiger partial charge in [-0.1, -0.05) is 55.7 Å². The van der Waals surface area contributed by atoms with Gasteiger partial charge in [-0.3, -0.25) is 4.79 Å². The lowest BCUT2D eigenvalue weighted by Crippen LogP contribution is -2.23. The molecule has 1 aliphatic rings. The smallest absolute Gasteiger partial charge is 0.251 e. The van der Waals surface area contributed by atoms with Crippen LogP contribution in [0.1, 0.15) is 48.0 Å². The summed E-state index contributed by atoms with van der Waals surface area (Å²) in [5.74, 6) is 0.553. The summed E-state index contributed by atoms with van der Waals surface area (Å²) in [6, 6.07) is 15.9. The molecule has 138 valence electrons. The van der Waals surface area contributed by atoms with E-state index in [-0.39, 0.29) is 5.91 Å². The molecule has 3 aromatic rings. The third-order valence-electron chi connectivity index (χ3n) is 5.08. The van der Waals surface area contributed by atoms with Gasteiger partial charge in [0.15, 0.2) is 0 Å². The molecule has 0 unspecified atom stereocenters. The topological polar surface area (TPSA) is 66.9 Å². The third kappa shape index (κ3) is 4.42. The molecule has 1 heterocycles. The van der Waals surface area contributed by atoms with Crippen LogP contribution in [0.3, 0.4) is 0 Å². The van der Waals surface area contributed by atoms with Gasteiger partial charge in [0.05, 0.1) is 5.52 Å². The molecule has 1 fully saturated rings. The molecule has 2 N–H and O–H groups in total. The lowest BCUT2D eigenvalue weighted by molar-refractivity contribution is 0.0951. The van der Waals surface area contributed by atoms with Gasteiger partial charge in [-0.25, -0.2) is 9.97 Å². The Labute approximate surface area is 159 Å². The fourth-order valence-corrected chi connectivity index (χ4v) is 3.54. The van der Waals surface area contributed by atoms with Crippen molar-refractivity contribution in [2.24, 2.45) is 0 Å². The van der Waals surface area contributed by atoms with Crippen molar-refractivity contribution in [1.29, 1.82) is 0 Å². The van der Waals surface area contributed by atoms with Gasteiger partial charge in [0.25, 0.3) is 5.91 Å². The molecule has 0 atom stereocenters. The average molecular weight is 360 g/mol. The van der Waals surface area contributed by atoms with Crippen LogP contribution in [0.4, 0.5) is 5.95 Å². The predicted molar refractivity (Wildman–Crippen MR) is 108 cm³/mol. The molecule has 0 spiro atoms. The van der Waals surface area contributed by atoms with Crippen molar-refractivity contribution >= 4 is 22.8 Å². The Morgan fingerprint density at radius 3 is 2.67 bits per heavy atom. The van der Waals surface area contributed by atoms with E-state index in [0.29, 0.717) is 24.1 Å². The van der Waals surface area contributed by atoms with Crippen molar-refractivity contribution in [3.05, 3.63) is 65.9 Å². The Balaban J connectivity index is 1.47. The molecule has 2 aromatic carbocycles. The average Bonchev–Trinajstić information content (AvgIpc) is 2.73. The van der Waals surface area contributed by atoms with Crippen molar-refractivity contribution in [3.8, 4) is 0 Å². The van der Waals surface area contributed by atoms with E-state index >= 15 is 0 Å². The van der Waals surface area contributed by atoms with Crippen LogP contribution in [0.15, 0.2) is 54.7 Å². The van der Waals surface area contributed by atoms with Crippen molar-refractivity contribution in [2.75, 3.05) is 5.32 Å². The molecular weight excluding hydrogens is 336 g/mol. The number of carbonyl (C=O) groups is 1. The molecule has 1 amide bonds. The van der Waals surface area contributed by atoms with Crippen LogP contribution in [0, 0.1) is 0 Å². The highest BCUT2D eigenvalue weighted by molar-refractivity contribution is 5.97. The van der Waals surface area contributed by atoms with Gasteiger partial charge in [-0.05, 0) is 30.5 Å². The molecular formula is C22H24N4O. The van der Waals surface area contributed by atoms with Crippen LogP contribution in [0.25, 0.3) is 10.9 Å². The van der Waals surface area contributed by atoms with E-state index in [1.165, 1.54) is 32.1 Å². The van der Waals surface area contributed by atoms with E-state index in [9.17, 15) is 4.79 Å². The molecule has 5 heteroatoms. The third-order valence-corrected chi connectivity index (χ3v) is 5.08. The summed E-state index contributed by atoms with van der Waals surface area (Å²) in [5.41, 5.74) is 2.48. The maximum atomic E-state index is 12.5. The predicted octanol–water partition coefficient (Wildman–Crippen LogP) is 4.30. The summed E-state index contributed by atoms with van der Waals surface area (Å²) >= 11 is 0. The number of aromatic nitrogens is 2.